The van der Waals surface area contributed by atoms with E-state index < -0.39 is 5.82 Å². The number of piperidine rings is 2. The molecule has 0 radical (unpaired) electrons. The lowest BCUT2D eigenvalue weighted by Gasteiger charge is -2.58. The first-order chi connectivity index (χ1) is 51.6. The molecule has 20 nitrogen and oxygen atoms in total. The van der Waals surface area contributed by atoms with Gasteiger partial charge in [-0.3, -0.25) is 43.4 Å². The number of amides is 3. The van der Waals surface area contributed by atoms with E-state index in [0.717, 1.165) is 148 Å². The Kier molecular flexibility index (Phi) is 20.8. The molecule has 0 bridgehead atoms. The number of benzene rings is 6. The number of halogens is 2. The fraction of sp³-hybridized carbons (Fsp3) is 0.250. The third-order valence-electron chi connectivity index (χ3n) is 20.2. The van der Waals surface area contributed by atoms with Crippen molar-refractivity contribution in [1.29, 1.82) is 0 Å². The zero-order valence-corrected chi connectivity index (χ0v) is 60.3. The van der Waals surface area contributed by atoms with Crippen LogP contribution in [0.3, 0.4) is 0 Å². The number of ether oxygens (including phenoxy) is 5. The summed E-state index contributed by atoms with van der Waals surface area (Å²) in [5, 5.41) is 18.4. The minimum atomic E-state index is -0.540. The second kappa shape index (κ2) is 31.0. The zero-order chi connectivity index (χ0) is 73.6. The summed E-state index contributed by atoms with van der Waals surface area (Å²) < 4.78 is 48.8. The highest BCUT2D eigenvalue weighted by molar-refractivity contribution is 6.33. The van der Waals surface area contributed by atoms with Gasteiger partial charge in [0.15, 0.2) is 11.5 Å². The van der Waals surface area contributed by atoms with Crippen molar-refractivity contribution in [1.82, 2.24) is 59.0 Å². The van der Waals surface area contributed by atoms with Crippen LogP contribution in [-0.4, -0.2) is 130 Å². The van der Waals surface area contributed by atoms with Crippen molar-refractivity contribution in [2.24, 2.45) is 5.41 Å². The maximum Gasteiger partial charge on any atom is 0.298 e. The second-order valence-corrected chi connectivity index (χ2v) is 27.2. The number of carbonyl (C=O) groups is 3. The lowest BCUT2D eigenvalue weighted by atomic mass is 9.60. The van der Waals surface area contributed by atoms with Gasteiger partial charge >= 0.3 is 0 Å². The molecule has 1 saturated carbocycles. The molecule has 9 heterocycles. The van der Waals surface area contributed by atoms with Gasteiger partial charge in [-0.15, -0.1) is 0 Å². The first-order valence-electron chi connectivity index (χ1n) is 35.2. The molecule has 1 spiro atoms. The van der Waals surface area contributed by atoms with Gasteiger partial charge < -0.3 is 38.4 Å². The molecule has 12 aromatic rings. The van der Waals surface area contributed by atoms with Crippen molar-refractivity contribution in [3.63, 3.8) is 0 Å². The predicted molar refractivity (Wildman–Crippen MR) is 407 cm³/mol. The van der Waals surface area contributed by atoms with Crippen LogP contribution in [-0.2, 0) is 14.4 Å². The van der Waals surface area contributed by atoms with Gasteiger partial charge in [-0.1, -0.05) is 54.9 Å². The highest BCUT2D eigenvalue weighted by Crippen LogP contribution is 2.55. The van der Waals surface area contributed by atoms with Gasteiger partial charge in [0.05, 0.1) is 48.9 Å². The molecule has 4 aliphatic rings. The molecule has 3 amide bonds. The number of likely N-dealkylation sites (tertiary alicyclic amines) is 3. The summed E-state index contributed by atoms with van der Waals surface area (Å²) >= 11 is 6.37. The summed E-state index contributed by atoms with van der Waals surface area (Å²) in [7, 11) is 2.99. The highest BCUT2D eigenvalue weighted by atomic mass is 35.5. The van der Waals surface area contributed by atoms with Gasteiger partial charge in [0.1, 0.15) is 56.6 Å². The Hall–Kier alpha value is -12.2. The minimum absolute atomic E-state index is 0.00328. The fourth-order valence-electron chi connectivity index (χ4n) is 14.6. The van der Waals surface area contributed by atoms with Crippen LogP contribution in [0, 0.1) is 36.9 Å². The van der Waals surface area contributed by atoms with Crippen LogP contribution >= 0.6 is 11.6 Å². The number of methoxy groups -OCH3 is 2. The topological polar surface area (TPSA) is 199 Å². The normalized spacial score (nSPS) is 15.9. The smallest absolute Gasteiger partial charge is 0.298 e. The Morgan fingerprint density at radius 2 is 0.943 bits per heavy atom. The van der Waals surface area contributed by atoms with E-state index >= 15 is 0 Å². The van der Waals surface area contributed by atoms with Crippen molar-refractivity contribution >= 4 is 62.0 Å². The lowest BCUT2D eigenvalue weighted by Crippen LogP contribution is -2.63. The van der Waals surface area contributed by atoms with Crippen LogP contribution in [0.15, 0.2) is 208 Å². The maximum absolute atomic E-state index is 14.5. The van der Waals surface area contributed by atoms with E-state index in [4.69, 9.17) is 50.6 Å². The number of rotatable bonds is 16. The average Bonchev–Trinajstić information content (AvgIpc) is 1.70. The molecular weight excluding hydrogens is 1360 g/mol. The molecule has 2 atom stereocenters. The van der Waals surface area contributed by atoms with Gasteiger partial charge in [0.2, 0.25) is 17.6 Å². The van der Waals surface area contributed by atoms with Gasteiger partial charge in [-0.05, 0) is 210 Å². The standard InChI is InChI=1S/C28H25ClN4O3.C28H25FN4O3.C28H28N4O2/c1-3-6-26(34)32-16-5-7-20(18-32)33-23-14-15-30-17-22(23)28(31-33)19-10-12-21(13-11-19)36-25-9-4-8-24(35-2)27(25)29;1-3-25(34)32-16-28(17-32)13-19(14-28)33-22-11-12-30-15-21(22)27(31-33)18-7-9-20(10-8-18)36-24-6-4-5-23(35-2)26(24)29;1-4-27(33)31-16-6-8-22(18-31)32-25-14-15-29-17-24(25)28(30-32)21-10-12-23(13-11-21)34-26-9-5-7-19(2)20(26)3/h4,8-15,17,20H,5,7,16,18H2,1-2H3;3-12,15,19H,1,13-14,16-17H2,2H3;4-5,7,9-15,17,22H,1,6,8,16,18H2,2-3H3/t20-;;22-/m1.1/s1. The monoisotopic (exact) mass is 1440 g/mol. The van der Waals surface area contributed by atoms with Crippen LogP contribution in [0.2, 0.25) is 5.02 Å². The summed E-state index contributed by atoms with van der Waals surface area (Å²) in [6.45, 7) is 17.3. The third-order valence-corrected chi connectivity index (χ3v) is 20.5. The van der Waals surface area contributed by atoms with E-state index in [1.807, 2.05) is 135 Å². The van der Waals surface area contributed by atoms with Gasteiger partial charge in [-0.2, -0.15) is 19.7 Å². The molecule has 536 valence electrons. The molecule has 106 heavy (non-hydrogen) atoms. The van der Waals surface area contributed by atoms with E-state index in [2.05, 4.69) is 69.2 Å². The summed E-state index contributed by atoms with van der Waals surface area (Å²) in [5.74, 6) is 8.79. The summed E-state index contributed by atoms with van der Waals surface area (Å²) in [5.41, 5.74) is 11.0. The maximum atomic E-state index is 14.5. The van der Waals surface area contributed by atoms with E-state index in [-0.39, 0.29) is 52.8 Å². The van der Waals surface area contributed by atoms with Crippen LogP contribution in [0.25, 0.3) is 66.5 Å². The average molecular weight is 1440 g/mol. The number of aromatic nitrogens is 9. The minimum Gasteiger partial charge on any atom is -0.495 e. The molecule has 1 aliphatic carbocycles. The molecule has 16 rings (SSSR count). The largest absolute Gasteiger partial charge is 0.495 e. The Bertz CT molecular complexity index is 5340. The highest BCUT2D eigenvalue weighted by Gasteiger charge is 2.54. The van der Waals surface area contributed by atoms with E-state index in [1.54, 1.807) is 75.1 Å². The molecule has 6 aromatic heterocycles. The third kappa shape index (κ3) is 14.6. The number of aryl methyl sites for hydroxylation is 1. The Labute approximate surface area is 618 Å². The quantitative estimate of drug-likeness (QED) is 0.0653. The number of hydrogen-bond donors (Lipinski definition) is 0. The first-order valence-corrected chi connectivity index (χ1v) is 35.6. The summed E-state index contributed by atoms with van der Waals surface area (Å²) in [4.78, 5) is 54.9. The van der Waals surface area contributed by atoms with Gasteiger partial charge in [0.25, 0.3) is 5.91 Å². The van der Waals surface area contributed by atoms with Gasteiger partial charge in [0, 0.05) is 115 Å². The van der Waals surface area contributed by atoms with Crippen LogP contribution in [0.1, 0.15) is 74.7 Å². The van der Waals surface area contributed by atoms with Crippen molar-refractivity contribution < 1.29 is 42.5 Å². The number of nitrogens with zero attached hydrogens (tertiary/aromatic N) is 12. The Morgan fingerprint density at radius 3 is 1.43 bits per heavy atom. The molecular formula is C84H78ClFN12O8. The number of fused-ring (bicyclic) bond motifs is 3. The Balaban J connectivity index is 0.000000134. The van der Waals surface area contributed by atoms with E-state index in [1.165, 1.54) is 24.8 Å². The van der Waals surface area contributed by atoms with E-state index in [0.29, 0.717) is 41.1 Å². The van der Waals surface area contributed by atoms with Crippen molar-refractivity contribution in [2.45, 2.75) is 77.4 Å². The van der Waals surface area contributed by atoms with Crippen molar-refractivity contribution in [3.05, 3.63) is 230 Å². The number of carbonyl (C=O) groups excluding carboxylic acids is 3. The summed E-state index contributed by atoms with van der Waals surface area (Å²) in [6, 6.07) is 45.9. The molecule has 6 aromatic carbocycles. The van der Waals surface area contributed by atoms with Crippen LogP contribution < -0.4 is 23.7 Å². The number of hydrogen-bond acceptors (Lipinski definition) is 14. The molecule has 4 fully saturated rings. The molecule has 3 saturated heterocycles. The Morgan fingerprint density at radius 1 is 0.528 bits per heavy atom. The van der Waals surface area contributed by atoms with Crippen LogP contribution in [0.4, 0.5) is 4.39 Å². The second-order valence-electron chi connectivity index (χ2n) is 26.8. The van der Waals surface area contributed by atoms with E-state index in [9.17, 15) is 18.8 Å². The molecule has 22 heteroatoms. The SMILES string of the molecule is C=CC(=O)N1CC2(CC(n3nc(-c4ccc(Oc5cccc(OC)c5F)cc4)c4cnccc43)C2)C1.C=CC(=O)N1CCC[C@@H](n2nc(-c3ccc(Oc4cccc(C)c4C)cc3)c3cnccc32)C1.CC#CC(=O)N1CCC[C@@H](n2nc(-c3ccc(Oc4cccc(OC)c4Cl)cc3)c3cnccc32)C1. The van der Waals surface area contributed by atoms with Crippen LogP contribution in [0.5, 0.6) is 46.0 Å². The summed E-state index contributed by atoms with van der Waals surface area (Å²) in [6.07, 6.45) is 19.4. The first kappa shape index (κ1) is 70.9. The lowest BCUT2D eigenvalue weighted by molar-refractivity contribution is -0.148. The fourth-order valence-corrected chi connectivity index (χ4v) is 14.8. The van der Waals surface area contributed by atoms with Crippen molar-refractivity contribution in [3.8, 4) is 91.6 Å². The van der Waals surface area contributed by atoms with Gasteiger partial charge in [-0.25, -0.2) is 0 Å². The number of pyridine rings is 3. The predicted octanol–water partition coefficient (Wildman–Crippen LogP) is 17.0. The zero-order valence-electron chi connectivity index (χ0n) is 59.5. The molecule has 0 unspecified atom stereocenters. The molecule has 0 N–H and O–H groups in total. The molecule has 3 aliphatic heterocycles. The van der Waals surface area contributed by atoms with Crippen molar-refractivity contribution in [2.75, 3.05) is 53.5 Å².